The molecule has 0 aromatic heterocycles. The van der Waals surface area contributed by atoms with Crippen molar-refractivity contribution < 1.29 is 29.1 Å². The summed E-state index contributed by atoms with van der Waals surface area (Å²) < 4.78 is 5.32. The first-order chi connectivity index (χ1) is 12.9. The van der Waals surface area contributed by atoms with E-state index in [1.165, 1.54) is 32.1 Å². The number of carbonyl (C=O) groups excluding carboxylic acids is 1. The molecule has 0 atom stereocenters. The van der Waals surface area contributed by atoms with E-state index >= 15 is 0 Å². The van der Waals surface area contributed by atoms with Gasteiger partial charge >= 0.3 is 5.97 Å². The summed E-state index contributed by atoms with van der Waals surface area (Å²) in [6, 6.07) is 0. The molecule has 0 radical (unpaired) electrons. The minimum Gasteiger partial charge on any atom is -0.466 e. The summed E-state index contributed by atoms with van der Waals surface area (Å²) in [5.41, 5.74) is -1.02. The molecule has 0 rings (SSSR count). The van der Waals surface area contributed by atoms with Crippen molar-refractivity contribution in [2.75, 3.05) is 6.61 Å². The van der Waals surface area contributed by atoms with E-state index in [-0.39, 0.29) is 18.8 Å². The highest BCUT2D eigenvalue weighted by atomic mass is 17.3. The summed E-state index contributed by atoms with van der Waals surface area (Å²) in [5, 5.41) is 0. The van der Waals surface area contributed by atoms with Crippen LogP contribution in [0.15, 0.2) is 0 Å². The lowest BCUT2D eigenvalue weighted by molar-refractivity contribution is -0.537. The third kappa shape index (κ3) is 17.4. The molecule has 6 heteroatoms. The number of ether oxygens (including phenoxy) is 1. The topological polar surface area (TPSA) is 63.2 Å². The molecule has 168 valence electrons. The summed E-state index contributed by atoms with van der Waals surface area (Å²) in [7, 11) is 0. The molecule has 0 saturated heterocycles. The Bertz CT molecular complexity index is 390. The van der Waals surface area contributed by atoms with Crippen LogP contribution in [0.5, 0.6) is 0 Å². The van der Waals surface area contributed by atoms with Gasteiger partial charge in [-0.25, -0.2) is 9.78 Å². The summed E-state index contributed by atoms with van der Waals surface area (Å²) in [5.74, 6) is -1.48. The van der Waals surface area contributed by atoms with E-state index in [1.54, 1.807) is 6.92 Å². The van der Waals surface area contributed by atoms with Crippen LogP contribution in [0.4, 0.5) is 0 Å². The van der Waals surface area contributed by atoms with Gasteiger partial charge in [0.15, 0.2) is 0 Å². The van der Waals surface area contributed by atoms with Crippen LogP contribution in [-0.2, 0) is 29.1 Å². The van der Waals surface area contributed by atoms with Crippen LogP contribution < -0.4 is 0 Å². The lowest BCUT2D eigenvalue weighted by Gasteiger charge is -2.32. The first-order valence-corrected chi connectivity index (χ1v) is 10.8. The molecular formula is C22H44O6. The van der Waals surface area contributed by atoms with Gasteiger partial charge in [0.1, 0.15) is 0 Å². The average Bonchev–Trinajstić information content (AvgIpc) is 2.58. The largest absolute Gasteiger partial charge is 0.466 e. The Kier molecular flexibility index (Phi) is 13.2. The highest BCUT2D eigenvalue weighted by Gasteiger charge is 2.34. The van der Waals surface area contributed by atoms with E-state index in [9.17, 15) is 4.79 Å². The molecule has 0 aromatic carbocycles. The number of carbonyl (C=O) groups is 1. The third-order valence-electron chi connectivity index (χ3n) is 3.73. The highest BCUT2D eigenvalue weighted by Crippen LogP contribution is 2.26. The van der Waals surface area contributed by atoms with Gasteiger partial charge < -0.3 is 4.74 Å². The fourth-order valence-corrected chi connectivity index (χ4v) is 2.17. The van der Waals surface area contributed by atoms with Gasteiger partial charge in [0, 0.05) is 6.42 Å². The zero-order valence-corrected chi connectivity index (χ0v) is 19.5. The van der Waals surface area contributed by atoms with Crippen LogP contribution in [0.3, 0.4) is 0 Å². The molecule has 0 saturated carbocycles. The molecule has 6 nitrogen and oxygen atoms in total. The third-order valence-corrected chi connectivity index (χ3v) is 3.73. The van der Waals surface area contributed by atoms with E-state index in [0.29, 0.717) is 6.61 Å². The maximum atomic E-state index is 12.1. The zero-order valence-electron chi connectivity index (χ0n) is 19.5. The molecule has 0 bridgehead atoms. The smallest absolute Gasteiger partial charge is 0.305 e. The van der Waals surface area contributed by atoms with Crippen LogP contribution in [0, 0.1) is 0 Å². The fourth-order valence-electron chi connectivity index (χ4n) is 2.17. The monoisotopic (exact) mass is 404 g/mol. The standard InChI is InChI=1S/C22H44O6/c1-9-10-11-12-13-14-15-18-24-19(23)16-17-22(8,27-25-20(2,3)4)28-26-21(5,6)7/h9-18H2,1-8H3. The van der Waals surface area contributed by atoms with Crippen molar-refractivity contribution in [3.63, 3.8) is 0 Å². The number of esters is 1. The van der Waals surface area contributed by atoms with Crippen molar-refractivity contribution in [1.82, 2.24) is 0 Å². The molecule has 0 N–H and O–H groups in total. The molecule has 0 amide bonds. The van der Waals surface area contributed by atoms with Crippen molar-refractivity contribution in [1.29, 1.82) is 0 Å². The summed E-state index contributed by atoms with van der Waals surface area (Å²) in [6.07, 6.45) is 8.73. The fraction of sp³-hybridized carbons (Fsp3) is 0.955. The van der Waals surface area contributed by atoms with Crippen molar-refractivity contribution in [2.45, 2.75) is 130 Å². The van der Waals surface area contributed by atoms with Crippen LogP contribution >= 0.6 is 0 Å². The Morgan fingerprint density at radius 2 is 1.14 bits per heavy atom. The van der Waals surface area contributed by atoms with Crippen LogP contribution in [-0.4, -0.2) is 29.6 Å². The second-order valence-electron chi connectivity index (χ2n) is 9.53. The first-order valence-electron chi connectivity index (χ1n) is 10.8. The van der Waals surface area contributed by atoms with Gasteiger partial charge in [-0.05, 0) is 54.9 Å². The molecule has 0 aliphatic rings. The van der Waals surface area contributed by atoms with E-state index in [2.05, 4.69) is 6.92 Å². The predicted molar refractivity (Wildman–Crippen MR) is 110 cm³/mol. The Labute approximate surface area is 172 Å². The van der Waals surface area contributed by atoms with Crippen LogP contribution in [0.25, 0.3) is 0 Å². The van der Waals surface area contributed by atoms with Gasteiger partial charge in [0.25, 0.3) is 0 Å². The number of unbranched alkanes of at least 4 members (excludes halogenated alkanes) is 6. The normalized spacial score (nSPS) is 13.0. The molecule has 0 fully saturated rings. The minimum absolute atomic E-state index is 0.161. The van der Waals surface area contributed by atoms with Gasteiger partial charge in [-0.15, -0.1) is 0 Å². The molecule has 28 heavy (non-hydrogen) atoms. The van der Waals surface area contributed by atoms with Gasteiger partial charge in [0.2, 0.25) is 5.79 Å². The lowest BCUT2D eigenvalue weighted by Crippen LogP contribution is -2.39. The van der Waals surface area contributed by atoms with Gasteiger partial charge in [0.05, 0.1) is 24.2 Å². The SMILES string of the molecule is CCCCCCCCCOC(=O)CCC(C)(OOC(C)(C)C)OOC(C)(C)C. The molecule has 0 aliphatic heterocycles. The summed E-state index contributed by atoms with van der Waals surface area (Å²) in [6.45, 7) is 15.6. The van der Waals surface area contributed by atoms with E-state index < -0.39 is 17.0 Å². The average molecular weight is 405 g/mol. The van der Waals surface area contributed by atoms with Crippen molar-refractivity contribution in [2.24, 2.45) is 0 Å². The molecule has 0 aromatic rings. The maximum Gasteiger partial charge on any atom is 0.305 e. The van der Waals surface area contributed by atoms with E-state index in [4.69, 9.17) is 24.3 Å². The van der Waals surface area contributed by atoms with Gasteiger partial charge in [-0.1, -0.05) is 45.4 Å². The number of hydrogen-bond donors (Lipinski definition) is 0. The van der Waals surface area contributed by atoms with Crippen molar-refractivity contribution in [3.05, 3.63) is 0 Å². The number of rotatable bonds is 15. The van der Waals surface area contributed by atoms with Gasteiger partial charge in [-0.2, -0.15) is 9.78 Å². The Balaban J connectivity index is 4.23. The molecule has 0 unspecified atom stereocenters. The maximum absolute atomic E-state index is 12.1. The van der Waals surface area contributed by atoms with E-state index in [1.807, 2.05) is 41.5 Å². The molecule has 0 spiro atoms. The Hall–Kier alpha value is -0.690. The molecular weight excluding hydrogens is 360 g/mol. The lowest BCUT2D eigenvalue weighted by atomic mass is 10.1. The Morgan fingerprint density at radius 3 is 1.61 bits per heavy atom. The quantitative estimate of drug-likeness (QED) is 0.105. The minimum atomic E-state index is -1.21. The molecule has 0 heterocycles. The van der Waals surface area contributed by atoms with Crippen LogP contribution in [0.2, 0.25) is 0 Å². The summed E-state index contributed by atoms with van der Waals surface area (Å²) >= 11 is 0. The summed E-state index contributed by atoms with van der Waals surface area (Å²) in [4.78, 5) is 33.8. The molecule has 0 aliphatic carbocycles. The van der Waals surface area contributed by atoms with Gasteiger partial charge in [-0.3, -0.25) is 4.79 Å². The Morgan fingerprint density at radius 1 is 0.679 bits per heavy atom. The van der Waals surface area contributed by atoms with Crippen molar-refractivity contribution >= 4 is 5.97 Å². The number of hydrogen-bond acceptors (Lipinski definition) is 6. The highest BCUT2D eigenvalue weighted by molar-refractivity contribution is 5.69. The van der Waals surface area contributed by atoms with E-state index in [0.717, 1.165) is 12.8 Å². The second kappa shape index (κ2) is 13.5. The van der Waals surface area contributed by atoms with Crippen molar-refractivity contribution in [3.8, 4) is 0 Å². The predicted octanol–water partition coefficient (Wildman–Crippen LogP) is 6.27. The zero-order chi connectivity index (χ0) is 21.7. The van der Waals surface area contributed by atoms with Crippen LogP contribution in [0.1, 0.15) is 113 Å². The first kappa shape index (κ1) is 27.3. The second-order valence-corrected chi connectivity index (χ2v) is 9.53.